The summed E-state index contributed by atoms with van der Waals surface area (Å²) in [6, 6.07) is 11.0. The van der Waals surface area contributed by atoms with Gasteiger partial charge in [0.05, 0.1) is 11.0 Å². The first-order valence-electron chi connectivity index (χ1n) is 7.86. The maximum Gasteiger partial charge on any atom is 0.276 e. The van der Waals surface area contributed by atoms with Crippen molar-refractivity contribution >= 4 is 39.9 Å². The molecule has 0 saturated heterocycles. The number of amides is 1. The van der Waals surface area contributed by atoms with Crippen LogP contribution in [0.1, 0.15) is 24.3 Å². The minimum absolute atomic E-state index is 0.217. The lowest BCUT2D eigenvalue weighted by atomic mass is 10.0. The average molecular weight is 387 g/mol. The molecule has 0 aliphatic heterocycles. The Morgan fingerprint density at radius 2 is 1.96 bits per heavy atom. The molecular weight excluding hydrogens is 372 g/mol. The summed E-state index contributed by atoms with van der Waals surface area (Å²) in [7, 11) is 0. The number of rotatable bonds is 4. The molecule has 0 bridgehead atoms. The van der Waals surface area contributed by atoms with Crippen molar-refractivity contribution in [3.8, 4) is 0 Å². The Hall–Kier alpha value is -3.23. The van der Waals surface area contributed by atoms with Crippen molar-refractivity contribution in [1.82, 2.24) is 9.97 Å². The fraction of sp³-hybridized carbons (Fsp3) is 0.111. The lowest BCUT2D eigenvalue weighted by Gasteiger charge is -2.13. The van der Waals surface area contributed by atoms with Gasteiger partial charge in [-0.15, -0.1) is 0 Å². The molecule has 1 unspecified atom stereocenters. The van der Waals surface area contributed by atoms with Gasteiger partial charge in [-0.05, 0) is 35.9 Å². The number of hydrogen-bond acceptors (Lipinski definition) is 6. The van der Waals surface area contributed by atoms with Crippen LogP contribution in [0, 0.1) is 0 Å². The molecule has 0 aliphatic rings. The van der Waals surface area contributed by atoms with Gasteiger partial charge in [0.15, 0.2) is 5.69 Å². The summed E-state index contributed by atoms with van der Waals surface area (Å²) in [6.07, 6.45) is -1.40. The molecule has 8 nitrogen and oxygen atoms in total. The van der Waals surface area contributed by atoms with E-state index in [9.17, 15) is 19.9 Å². The number of H-pyrrole nitrogens is 1. The fourth-order valence-corrected chi connectivity index (χ4v) is 2.75. The van der Waals surface area contributed by atoms with Crippen LogP contribution in [0.3, 0.4) is 0 Å². The smallest absolute Gasteiger partial charge is 0.276 e. The van der Waals surface area contributed by atoms with Crippen molar-refractivity contribution in [3.05, 3.63) is 69.1 Å². The van der Waals surface area contributed by atoms with Crippen molar-refractivity contribution in [3.63, 3.8) is 0 Å². The Kier molecular flexibility index (Phi) is 5.20. The molecular formula is C18H15ClN4O4. The van der Waals surface area contributed by atoms with E-state index in [1.165, 1.54) is 19.1 Å². The SMILES string of the molecule is CC(=O)Nc1ccc(C(O)/C(=N\O)c2nc3ccc(Cl)cc3[nH]c2=O)cc1. The molecule has 0 saturated carbocycles. The van der Waals surface area contributed by atoms with Gasteiger partial charge in [-0.25, -0.2) is 4.98 Å². The summed E-state index contributed by atoms with van der Waals surface area (Å²) < 4.78 is 0. The number of nitrogens with zero attached hydrogens (tertiary/aromatic N) is 2. The molecule has 4 N–H and O–H groups in total. The topological polar surface area (TPSA) is 128 Å². The zero-order chi connectivity index (χ0) is 19.6. The molecule has 3 rings (SSSR count). The minimum atomic E-state index is -1.40. The van der Waals surface area contributed by atoms with Gasteiger partial charge in [-0.2, -0.15) is 0 Å². The average Bonchev–Trinajstić information content (AvgIpc) is 2.62. The zero-order valence-electron chi connectivity index (χ0n) is 14.1. The van der Waals surface area contributed by atoms with Crippen LogP contribution >= 0.6 is 11.6 Å². The molecule has 9 heteroatoms. The van der Waals surface area contributed by atoms with Crippen LogP contribution in [-0.2, 0) is 4.79 Å². The zero-order valence-corrected chi connectivity index (χ0v) is 14.9. The lowest BCUT2D eigenvalue weighted by Crippen LogP contribution is -2.25. The van der Waals surface area contributed by atoms with Crippen molar-refractivity contribution in [1.29, 1.82) is 0 Å². The van der Waals surface area contributed by atoms with Crippen LogP contribution in [0.15, 0.2) is 52.4 Å². The van der Waals surface area contributed by atoms with Crippen LogP contribution in [0.2, 0.25) is 5.02 Å². The quantitative estimate of drug-likeness (QED) is 0.311. The van der Waals surface area contributed by atoms with Gasteiger partial charge < -0.3 is 20.6 Å². The Bertz CT molecular complexity index is 1090. The molecule has 2 aromatic carbocycles. The monoisotopic (exact) mass is 386 g/mol. The summed E-state index contributed by atoms with van der Waals surface area (Å²) in [4.78, 5) is 30.2. The number of oxime groups is 1. The molecule has 0 radical (unpaired) electrons. The van der Waals surface area contributed by atoms with Crippen LogP contribution in [0.4, 0.5) is 5.69 Å². The van der Waals surface area contributed by atoms with Crippen molar-refractivity contribution in [2.24, 2.45) is 5.16 Å². The number of anilines is 1. The lowest BCUT2D eigenvalue weighted by molar-refractivity contribution is -0.114. The predicted octanol–water partition coefficient (Wildman–Crippen LogP) is 2.45. The Labute approximate surface area is 158 Å². The maximum absolute atomic E-state index is 12.3. The van der Waals surface area contributed by atoms with Crippen LogP contribution in [-0.4, -0.2) is 31.9 Å². The molecule has 0 spiro atoms. The van der Waals surface area contributed by atoms with Gasteiger partial charge in [-0.1, -0.05) is 28.9 Å². The summed E-state index contributed by atoms with van der Waals surface area (Å²) in [5.41, 5.74) is 0.581. The Morgan fingerprint density at radius 3 is 2.59 bits per heavy atom. The van der Waals surface area contributed by atoms with Gasteiger partial charge in [-0.3, -0.25) is 9.59 Å². The van der Waals surface area contributed by atoms with E-state index in [4.69, 9.17) is 11.6 Å². The summed E-state index contributed by atoms with van der Waals surface area (Å²) >= 11 is 5.90. The number of halogens is 1. The second-order valence-corrected chi connectivity index (χ2v) is 6.20. The van der Waals surface area contributed by atoms with Crippen molar-refractivity contribution in [2.75, 3.05) is 5.32 Å². The van der Waals surface area contributed by atoms with E-state index < -0.39 is 11.7 Å². The number of hydrogen-bond donors (Lipinski definition) is 4. The first kappa shape index (κ1) is 18.6. The summed E-state index contributed by atoms with van der Waals surface area (Å²) in [5, 5.41) is 26.1. The van der Waals surface area contributed by atoms with E-state index in [0.29, 0.717) is 27.3 Å². The third kappa shape index (κ3) is 3.97. The number of aromatic amines is 1. The fourth-order valence-electron chi connectivity index (χ4n) is 2.57. The summed E-state index contributed by atoms with van der Waals surface area (Å²) in [5.74, 6) is -0.229. The molecule has 3 aromatic rings. The highest BCUT2D eigenvalue weighted by Crippen LogP contribution is 2.21. The number of carbonyl (C=O) groups excluding carboxylic acids is 1. The van der Waals surface area contributed by atoms with Crippen LogP contribution in [0.5, 0.6) is 0 Å². The normalized spacial score (nSPS) is 12.8. The molecule has 1 heterocycles. The van der Waals surface area contributed by atoms with Gasteiger partial charge in [0.1, 0.15) is 11.8 Å². The van der Waals surface area contributed by atoms with E-state index >= 15 is 0 Å². The van der Waals surface area contributed by atoms with Gasteiger partial charge in [0.2, 0.25) is 5.91 Å². The van der Waals surface area contributed by atoms with Crippen LogP contribution < -0.4 is 10.9 Å². The van der Waals surface area contributed by atoms with Gasteiger partial charge in [0.25, 0.3) is 5.56 Å². The van der Waals surface area contributed by atoms with Gasteiger partial charge in [0, 0.05) is 17.6 Å². The van der Waals surface area contributed by atoms with E-state index in [-0.39, 0.29) is 17.3 Å². The molecule has 1 aromatic heterocycles. The number of aliphatic hydroxyl groups is 1. The summed E-state index contributed by atoms with van der Waals surface area (Å²) in [6.45, 7) is 1.38. The Balaban J connectivity index is 1.98. The highest BCUT2D eigenvalue weighted by molar-refractivity contribution is 6.31. The second kappa shape index (κ2) is 7.56. The maximum atomic E-state index is 12.3. The van der Waals surface area contributed by atoms with Gasteiger partial charge >= 0.3 is 0 Å². The molecule has 138 valence electrons. The van der Waals surface area contributed by atoms with Crippen molar-refractivity contribution < 1.29 is 15.1 Å². The van der Waals surface area contributed by atoms with E-state index in [0.717, 1.165) is 0 Å². The number of aromatic nitrogens is 2. The Morgan fingerprint density at radius 1 is 1.26 bits per heavy atom. The number of fused-ring (bicyclic) bond motifs is 1. The van der Waals surface area contributed by atoms with Crippen molar-refractivity contribution in [2.45, 2.75) is 13.0 Å². The second-order valence-electron chi connectivity index (χ2n) is 5.77. The number of nitrogens with one attached hydrogen (secondary N) is 2. The third-order valence-electron chi connectivity index (χ3n) is 3.81. The van der Waals surface area contributed by atoms with E-state index in [2.05, 4.69) is 20.4 Å². The number of carbonyl (C=O) groups is 1. The molecule has 0 aliphatic carbocycles. The van der Waals surface area contributed by atoms with E-state index in [1.54, 1.807) is 30.3 Å². The molecule has 1 atom stereocenters. The minimum Gasteiger partial charge on any atom is -0.410 e. The highest BCUT2D eigenvalue weighted by atomic mass is 35.5. The number of benzene rings is 2. The first-order valence-corrected chi connectivity index (χ1v) is 8.24. The molecule has 1 amide bonds. The standard InChI is InChI=1S/C18H15ClN4O4/c1-9(24)20-12-5-2-10(3-6-12)17(25)15(23-27)16-18(26)22-14-8-11(19)4-7-13(14)21-16/h2-8,17,25,27H,1H3,(H,20,24)(H,22,26)/b23-15-. The highest BCUT2D eigenvalue weighted by Gasteiger charge is 2.23. The number of aliphatic hydroxyl groups excluding tert-OH is 1. The molecule has 27 heavy (non-hydrogen) atoms. The first-order chi connectivity index (χ1) is 12.9. The van der Waals surface area contributed by atoms with Crippen LogP contribution in [0.25, 0.3) is 11.0 Å². The molecule has 0 fully saturated rings. The third-order valence-corrected chi connectivity index (χ3v) is 4.05. The van der Waals surface area contributed by atoms with E-state index in [1.807, 2.05) is 0 Å². The predicted molar refractivity (Wildman–Crippen MR) is 101 cm³/mol. The largest absolute Gasteiger partial charge is 0.410 e.